The molecule has 0 aliphatic rings. The Bertz CT molecular complexity index is 371. The van der Waals surface area contributed by atoms with Gasteiger partial charge in [-0.25, -0.2) is 0 Å². The number of rotatable bonds is 4. The Morgan fingerprint density at radius 1 is 1.22 bits per heavy atom. The molecule has 1 aromatic carbocycles. The van der Waals surface area contributed by atoms with Gasteiger partial charge in [-0.15, -0.1) is 24.0 Å². The normalized spacial score (nSPS) is 13.1. The molecule has 0 heterocycles. The van der Waals surface area contributed by atoms with E-state index in [4.69, 9.17) is 5.73 Å². The molecule has 0 aliphatic heterocycles. The molecule has 0 saturated carbocycles. The zero-order valence-corrected chi connectivity index (χ0v) is 13.9. The molecular weight excluding hydrogens is 337 g/mol. The number of benzene rings is 1. The Kier molecular flexibility index (Phi) is 7.98. The van der Waals surface area contributed by atoms with Crippen LogP contribution in [0.4, 0.5) is 0 Å². The minimum Gasteiger partial charge on any atom is -0.370 e. The molecule has 0 aliphatic carbocycles. The van der Waals surface area contributed by atoms with Crippen LogP contribution in [0.25, 0.3) is 0 Å². The van der Waals surface area contributed by atoms with Crippen LogP contribution in [0.15, 0.2) is 29.3 Å². The number of nitrogens with zero attached hydrogens (tertiary/aromatic N) is 1. The fourth-order valence-electron chi connectivity index (χ4n) is 1.78. The Labute approximate surface area is 127 Å². The van der Waals surface area contributed by atoms with E-state index in [9.17, 15) is 0 Å². The maximum Gasteiger partial charge on any atom is 0.188 e. The van der Waals surface area contributed by atoms with Gasteiger partial charge < -0.3 is 11.1 Å². The second kappa shape index (κ2) is 8.34. The highest BCUT2D eigenvalue weighted by Gasteiger charge is 2.06. The minimum atomic E-state index is 0. The molecule has 4 heteroatoms. The first-order valence-corrected chi connectivity index (χ1v) is 6.10. The summed E-state index contributed by atoms with van der Waals surface area (Å²) in [5.41, 5.74) is 8.25. The van der Waals surface area contributed by atoms with Gasteiger partial charge in [-0.3, -0.25) is 4.99 Å². The lowest BCUT2D eigenvalue weighted by Crippen LogP contribution is -2.33. The van der Waals surface area contributed by atoms with Gasteiger partial charge in [0.15, 0.2) is 5.96 Å². The molecule has 0 amide bonds. The summed E-state index contributed by atoms with van der Waals surface area (Å²) in [5, 5.41) is 3.13. The van der Waals surface area contributed by atoms with Crippen molar-refractivity contribution >= 4 is 29.9 Å². The number of guanidine groups is 1. The van der Waals surface area contributed by atoms with Gasteiger partial charge >= 0.3 is 0 Å². The SMILES string of the molecule is CN=C(N)NC(C)c1ccc(CC(C)C)cc1.I. The number of nitrogens with one attached hydrogen (secondary N) is 1. The molecule has 0 spiro atoms. The average Bonchev–Trinajstić information content (AvgIpc) is 2.28. The van der Waals surface area contributed by atoms with Crippen molar-refractivity contribution in [1.29, 1.82) is 0 Å². The van der Waals surface area contributed by atoms with Gasteiger partial charge in [0.05, 0.1) is 6.04 Å². The van der Waals surface area contributed by atoms with E-state index in [1.807, 2.05) is 0 Å². The van der Waals surface area contributed by atoms with Gasteiger partial charge in [-0.05, 0) is 30.4 Å². The number of aliphatic imine (C=N–C) groups is 1. The standard InChI is InChI=1S/C14H23N3.HI/c1-10(2)9-12-5-7-13(8-6-12)11(3)17-14(15)16-4;/h5-8,10-11H,9H2,1-4H3,(H3,15,16,17);1H. The van der Waals surface area contributed by atoms with Crippen LogP contribution in [-0.4, -0.2) is 13.0 Å². The summed E-state index contributed by atoms with van der Waals surface area (Å²) in [5.74, 6) is 1.17. The third-order valence-corrected chi connectivity index (χ3v) is 2.73. The van der Waals surface area contributed by atoms with E-state index in [0.29, 0.717) is 11.9 Å². The summed E-state index contributed by atoms with van der Waals surface area (Å²) in [6, 6.07) is 8.86. The van der Waals surface area contributed by atoms with Crippen LogP contribution in [0.3, 0.4) is 0 Å². The molecule has 18 heavy (non-hydrogen) atoms. The summed E-state index contributed by atoms with van der Waals surface area (Å²) in [6.45, 7) is 6.54. The summed E-state index contributed by atoms with van der Waals surface area (Å²) in [7, 11) is 1.68. The molecule has 1 atom stereocenters. The van der Waals surface area contributed by atoms with E-state index in [0.717, 1.165) is 6.42 Å². The maximum absolute atomic E-state index is 5.65. The van der Waals surface area contributed by atoms with Gasteiger partial charge in [0.25, 0.3) is 0 Å². The number of hydrogen-bond donors (Lipinski definition) is 2. The second-order valence-electron chi connectivity index (χ2n) is 4.81. The van der Waals surface area contributed by atoms with E-state index in [1.54, 1.807) is 7.05 Å². The van der Waals surface area contributed by atoms with Gasteiger partial charge in [0, 0.05) is 7.05 Å². The van der Waals surface area contributed by atoms with E-state index in [1.165, 1.54) is 11.1 Å². The van der Waals surface area contributed by atoms with E-state index in [2.05, 4.69) is 55.3 Å². The highest BCUT2D eigenvalue weighted by atomic mass is 127. The molecule has 0 fully saturated rings. The highest BCUT2D eigenvalue weighted by molar-refractivity contribution is 14.0. The molecular formula is C14H24IN3. The number of hydrogen-bond acceptors (Lipinski definition) is 1. The quantitative estimate of drug-likeness (QED) is 0.492. The molecule has 0 aromatic heterocycles. The fraction of sp³-hybridized carbons (Fsp3) is 0.500. The second-order valence-corrected chi connectivity index (χ2v) is 4.81. The van der Waals surface area contributed by atoms with Gasteiger partial charge in [0.2, 0.25) is 0 Å². The lowest BCUT2D eigenvalue weighted by atomic mass is 10.00. The minimum absolute atomic E-state index is 0. The van der Waals surface area contributed by atoms with Crippen LogP contribution < -0.4 is 11.1 Å². The molecule has 1 unspecified atom stereocenters. The molecule has 0 saturated heterocycles. The zero-order chi connectivity index (χ0) is 12.8. The number of nitrogens with two attached hydrogens (primary N) is 1. The molecule has 102 valence electrons. The van der Waals surface area contributed by atoms with Crippen molar-refractivity contribution in [3.63, 3.8) is 0 Å². The molecule has 1 aromatic rings. The number of halogens is 1. The predicted molar refractivity (Wildman–Crippen MR) is 89.5 cm³/mol. The smallest absolute Gasteiger partial charge is 0.188 e. The van der Waals surface area contributed by atoms with E-state index in [-0.39, 0.29) is 30.0 Å². The van der Waals surface area contributed by atoms with E-state index < -0.39 is 0 Å². The summed E-state index contributed by atoms with van der Waals surface area (Å²) >= 11 is 0. The van der Waals surface area contributed by atoms with Crippen molar-refractivity contribution in [2.45, 2.75) is 33.2 Å². The van der Waals surface area contributed by atoms with Gasteiger partial charge in [0.1, 0.15) is 0 Å². The zero-order valence-electron chi connectivity index (χ0n) is 11.6. The van der Waals surface area contributed by atoms with Crippen LogP contribution in [0.1, 0.15) is 37.9 Å². The van der Waals surface area contributed by atoms with Crippen molar-refractivity contribution in [2.75, 3.05) is 7.05 Å². The molecule has 3 nitrogen and oxygen atoms in total. The third-order valence-electron chi connectivity index (χ3n) is 2.73. The molecule has 1 rings (SSSR count). The monoisotopic (exact) mass is 361 g/mol. The summed E-state index contributed by atoms with van der Waals surface area (Å²) in [4.78, 5) is 3.89. The third kappa shape index (κ3) is 5.71. The van der Waals surface area contributed by atoms with Crippen molar-refractivity contribution < 1.29 is 0 Å². The average molecular weight is 361 g/mol. The Morgan fingerprint density at radius 2 is 1.78 bits per heavy atom. The first-order chi connectivity index (χ1) is 8.02. The molecule has 3 N–H and O–H groups in total. The predicted octanol–water partition coefficient (Wildman–Crippen LogP) is 3.10. The largest absolute Gasteiger partial charge is 0.370 e. The maximum atomic E-state index is 5.65. The van der Waals surface area contributed by atoms with Crippen molar-refractivity contribution in [3.05, 3.63) is 35.4 Å². The van der Waals surface area contributed by atoms with Crippen LogP contribution in [0.2, 0.25) is 0 Å². The lowest BCUT2D eigenvalue weighted by molar-refractivity contribution is 0.646. The Balaban J connectivity index is 0.00000289. The van der Waals surface area contributed by atoms with Crippen molar-refractivity contribution in [2.24, 2.45) is 16.6 Å². The Morgan fingerprint density at radius 3 is 2.22 bits per heavy atom. The highest BCUT2D eigenvalue weighted by Crippen LogP contribution is 2.15. The first kappa shape index (κ1) is 17.2. The van der Waals surface area contributed by atoms with Crippen LogP contribution in [-0.2, 0) is 6.42 Å². The van der Waals surface area contributed by atoms with Crippen molar-refractivity contribution in [1.82, 2.24) is 5.32 Å². The van der Waals surface area contributed by atoms with Crippen LogP contribution in [0.5, 0.6) is 0 Å². The summed E-state index contributed by atoms with van der Waals surface area (Å²) < 4.78 is 0. The molecule has 0 bridgehead atoms. The lowest BCUT2D eigenvalue weighted by Gasteiger charge is -2.15. The molecule has 0 radical (unpaired) electrons. The summed E-state index contributed by atoms with van der Waals surface area (Å²) in [6.07, 6.45) is 1.13. The first-order valence-electron chi connectivity index (χ1n) is 6.10. The van der Waals surface area contributed by atoms with Gasteiger partial charge in [-0.2, -0.15) is 0 Å². The Hall–Kier alpha value is -0.780. The topological polar surface area (TPSA) is 50.4 Å². The van der Waals surface area contributed by atoms with Crippen LogP contribution >= 0.6 is 24.0 Å². The fourth-order valence-corrected chi connectivity index (χ4v) is 1.78. The van der Waals surface area contributed by atoms with E-state index >= 15 is 0 Å². The van der Waals surface area contributed by atoms with Gasteiger partial charge in [-0.1, -0.05) is 38.1 Å². The van der Waals surface area contributed by atoms with Crippen molar-refractivity contribution in [3.8, 4) is 0 Å². The van der Waals surface area contributed by atoms with Crippen LogP contribution in [0, 0.1) is 5.92 Å².